The lowest BCUT2D eigenvalue weighted by Gasteiger charge is -2.16. The summed E-state index contributed by atoms with van der Waals surface area (Å²) < 4.78 is 5.03. The fraction of sp³-hybridized carbons (Fsp3) is 0.375. The first-order chi connectivity index (χ1) is 5.90. The van der Waals surface area contributed by atoms with E-state index in [0.717, 1.165) is 23.0 Å². The van der Waals surface area contributed by atoms with Crippen LogP contribution in [-0.4, -0.2) is 24.4 Å². The summed E-state index contributed by atoms with van der Waals surface area (Å²) in [7, 11) is 1.63. The van der Waals surface area contributed by atoms with Crippen LogP contribution in [0.15, 0.2) is 17.2 Å². The molecule has 2 heterocycles. The maximum atomic E-state index is 5.03. The molecule has 1 aromatic heterocycles. The van der Waals surface area contributed by atoms with Gasteiger partial charge >= 0.3 is 0 Å². The van der Waals surface area contributed by atoms with Crippen molar-refractivity contribution in [1.82, 2.24) is 4.98 Å². The second kappa shape index (κ2) is 3.23. The van der Waals surface area contributed by atoms with Crippen LogP contribution in [0.25, 0.3) is 0 Å². The van der Waals surface area contributed by atoms with Crippen LogP contribution < -0.4 is 10.1 Å². The van der Waals surface area contributed by atoms with Gasteiger partial charge in [-0.3, -0.25) is 0 Å². The fourth-order valence-electron chi connectivity index (χ4n) is 1.12. The predicted octanol–water partition coefficient (Wildman–Crippen LogP) is 1.61. The van der Waals surface area contributed by atoms with Crippen molar-refractivity contribution in [2.24, 2.45) is 0 Å². The molecule has 0 aromatic carbocycles. The number of rotatable bonds is 1. The largest absolute Gasteiger partial charge is 0.481 e. The van der Waals surface area contributed by atoms with Crippen LogP contribution in [0.4, 0.5) is 5.69 Å². The van der Waals surface area contributed by atoms with E-state index in [4.69, 9.17) is 4.74 Å². The first-order valence-electron chi connectivity index (χ1n) is 3.82. The third kappa shape index (κ3) is 1.34. The number of aromatic nitrogens is 1. The van der Waals surface area contributed by atoms with E-state index in [0.29, 0.717) is 5.88 Å². The van der Waals surface area contributed by atoms with Gasteiger partial charge < -0.3 is 10.1 Å². The van der Waals surface area contributed by atoms with E-state index >= 15 is 0 Å². The number of hydrogen-bond donors (Lipinski definition) is 1. The lowest BCUT2D eigenvalue weighted by Crippen LogP contribution is -2.11. The zero-order valence-electron chi connectivity index (χ0n) is 6.83. The van der Waals surface area contributed by atoms with E-state index < -0.39 is 0 Å². The van der Waals surface area contributed by atoms with Crippen LogP contribution in [0.1, 0.15) is 0 Å². The maximum absolute atomic E-state index is 5.03. The van der Waals surface area contributed by atoms with Gasteiger partial charge in [0.1, 0.15) is 5.03 Å². The zero-order chi connectivity index (χ0) is 8.39. The van der Waals surface area contributed by atoms with Crippen LogP contribution in [0.3, 0.4) is 0 Å². The topological polar surface area (TPSA) is 34.1 Å². The van der Waals surface area contributed by atoms with Gasteiger partial charge in [0.15, 0.2) is 0 Å². The molecule has 0 radical (unpaired) electrons. The van der Waals surface area contributed by atoms with Gasteiger partial charge in [-0.05, 0) is 6.07 Å². The number of fused-ring (bicyclic) bond motifs is 1. The molecule has 1 aromatic rings. The SMILES string of the molecule is COc1ccc2c(n1)SCCN2. The molecule has 64 valence electrons. The van der Waals surface area contributed by atoms with Crippen LogP contribution in [-0.2, 0) is 0 Å². The van der Waals surface area contributed by atoms with Crippen LogP contribution in [0, 0.1) is 0 Å². The van der Waals surface area contributed by atoms with Gasteiger partial charge in [0.05, 0.1) is 12.8 Å². The van der Waals surface area contributed by atoms with Crippen molar-refractivity contribution in [1.29, 1.82) is 0 Å². The molecule has 0 saturated heterocycles. The first-order valence-corrected chi connectivity index (χ1v) is 4.80. The number of thioether (sulfide) groups is 1. The van der Waals surface area contributed by atoms with Crippen molar-refractivity contribution >= 4 is 17.4 Å². The molecule has 0 spiro atoms. The molecule has 1 N–H and O–H groups in total. The summed E-state index contributed by atoms with van der Waals surface area (Å²) in [5.74, 6) is 1.76. The second-order valence-corrected chi connectivity index (χ2v) is 3.57. The molecule has 3 nitrogen and oxygen atoms in total. The van der Waals surface area contributed by atoms with Gasteiger partial charge in [-0.25, -0.2) is 4.98 Å². The second-order valence-electron chi connectivity index (χ2n) is 2.48. The zero-order valence-corrected chi connectivity index (χ0v) is 7.65. The van der Waals surface area contributed by atoms with E-state index in [1.807, 2.05) is 12.1 Å². The van der Waals surface area contributed by atoms with Gasteiger partial charge in [-0.2, -0.15) is 0 Å². The van der Waals surface area contributed by atoms with Crippen LogP contribution in [0.5, 0.6) is 5.88 Å². The molecular formula is C8H10N2OS. The molecule has 0 aliphatic carbocycles. The molecule has 0 bridgehead atoms. The summed E-state index contributed by atoms with van der Waals surface area (Å²) in [6.45, 7) is 1.02. The van der Waals surface area contributed by atoms with Crippen molar-refractivity contribution in [3.05, 3.63) is 12.1 Å². The molecule has 0 atom stereocenters. The van der Waals surface area contributed by atoms with Crippen molar-refractivity contribution in [3.63, 3.8) is 0 Å². The lowest BCUT2D eigenvalue weighted by atomic mass is 10.4. The monoisotopic (exact) mass is 182 g/mol. The number of pyridine rings is 1. The number of nitrogens with zero attached hydrogens (tertiary/aromatic N) is 1. The highest BCUT2D eigenvalue weighted by Crippen LogP contribution is 2.30. The minimum Gasteiger partial charge on any atom is -0.481 e. The Morgan fingerprint density at radius 1 is 1.58 bits per heavy atom. The van der Waals surface area contributed by atoms with Crippen molar-refractivity contribution < 1.29 is 4.74 Å². The number of nitrogens with one attached hydrogen (secondary N) is 1. The number of anilines is 1. The summed E-state index contributed by atoms with van der Waals surface area (Å²) in [4.78, 5) is 4.31. The van der Waals surface area contributed by atoms with Crippen molar-refractivity contribution in [2.45, 2.75) is 5.03 Å². The van der Waals surface area contributed by atoms with E-state index in [9.17, 15) is 0 Å². The van der Waals surface area contributed by atoms with Gasteiger partial charge in [0.2, 0.25) is 5.88 Å². The molecule has 1 aliphatic rings. The molecule has 12 heavy (non-hydrogen) atoms. The van der Waals surface area contributed by atoms with Crippen LogP contribution in [0.2, 0.25) is 0 Å². The third-order valence-corrected chi connectivity index (χ3v) is 2.69. The number of ether oxygens (including phenoxy) is 1. The van der Waals surface area contributed by atoms with Crippen LogP contribution >= 0.6 is 11.8 Å². The molecule has 4 heteroatoms. The highest BCUT2D eigenvalue weighted by Gasteiger charge is 2.10. The Bertz CT molecular complexity index is 290. The number of methoxy groups -OCH3 is 1. The summed E-state index contributed by atoms with van der Waals surface area (Å²) in [5.41, 5.74) is 1.12. The Morgan fingerprint density at radius 2 is 2.50 bits per heavy atom. The molecule has 0 fully saturated rings. The lowest BCUT2D eigenvalue weighted by molar-refractivity contribution is 0.394. The van der Waals surface area contributed by atoms with Crippen molar-refractivity contribution in [2.75, 3.05) is 24.7 Å². The Hall–Kier alpha value is -0.900. The Morgan fingerprint density at radius 3 is 3.33 bits per heavy atom. The maximum Gasteiger partial charge on any atom is 0.214 e. The summed E-state index contributed by atoms with van der Waals surface area (Å²) in [5, 5.41) is 4.32. The van der Waals surface area contributed by atoms with Crippen molar-refractivity contribution in [3.8, 4) is 5.88 Å². The summed E-state index contributed by atoms with van der Waals surface area (Å²) >= 11 is 1.76. The van der Waals surface area contributed by atoms with E-state index in [1.54, 1.807) is 18.9 Å². The highest BCUT2D eigenvalue weighted by atomic mass is 32.2. The van der Waals surface area contributed by atoms with E-state index in [1.165, 1.54) is 0 Å². The average Bonchev–Trinajstić information content (AvgIpc) is 2.17. The standard InChI is InChI=1S/C8H10N2OS/c1-11-7-3-2-6-8(10-7)12-5-4-9-6/h2-3,9H,4-5H2,1H3. The minimum atomic E-state index is 0.685. The predicted molar refractivity (Wildman–Crippen MR) is 50.0 cm³/mol. The van der Waals surface area contributed by atoms with E-state index in [-0.39, 0.29) is 0 Å². The number of hydrogen-bond acceptors (Lipinski definition) is 4. The molecule has 0 saturated carbocycles. The average molecular weight is 182 g/mol. The van der Waals surface area contributed by atoms with Gasteiger partial charge in [0, 0.05) is 18.4 Å². The first kappa shape index (κ1) is 7.73. The van der Waals surface area contributed by atoms with Gasteiger partial charge in [-0.1, -0.05) is 0 Å². The third-order valence-electron chi connectivity index (χ3n) is 1.70. The summed E-state index contributed by atoms with van der Waals surface area (Å²) in [6, 6.07) is 3.88. The summed E-state index contributed by atoms with van der Waals surface area (Å²) in [6.07, 6.45) is 0. The molecule has 1 aliphatic heterocycles. The molecule has 2 rings (SSSR count). The van der Waals surface area contributed by atoms with Gasteiger partial charge in [-0.15, -0.1) is 11.8 Å². The highest BCUT2D eigenvalue weighted by molar-refractivity contribution is 7.99. The quantitative estimate of drug-likeness (QED) is 0.715. The Labute approximate surface area is 75.5 Å². The smallest absolute Gasteiger partial charge is 0.214 e. The molecule has 0 unspecified atom stereocenters. The fourth-order valence-corrected chi connectivity index (χ4v) is 1.96. The van der Waals surface area contributed by atoms with E-state index in [2.05, 4.69) is 10.3 Å². The minimum absolute atomic E-state index is 0.685. The Balaban J connectivity index is 2.36. The van der Waals surface area contributed by atoms with Gasteiger partial charge in [0.25, 0.3) is 0 Å². The Kier molecular flexibility index (Phi) is 2.08. The normalized spacial score (nSPS) is 14.8. The molecule has 0 amide bonds. The molecular weight excluding hydrogens is 172 g/mol.